The molecule has 2 aliphatic carbocycles. The number of hydrogen-bond donors (Lipinski definition) is 0. The first kappa shape index (κ1) is 29.1. The fourth-order valence-corrected chi connectivity index (χ4v) is 6.22. The Balaban J connectivity index is 1.47. The van der Waals surface area contributed by atoms with Crippen LogP contribution in [0.5, 0.6) is 0 Å². The van der Waals surface area contributed by atoms with Crippen molar-refractivity contribution in [2.75, 3.05) is 28.3 Å². The minimum Gasteiger partial charge on any atom is -0.469 e. The minimum atomic E-state index is -0.0967. The van der Waals surface area contributed by atoms with E-state index in [9.17, 15) is 9.59 Å². The predicted octanol–water partition coefficient (Wildman–Crippen LogP) is 6.59. The van der Waals surface area contributed by atoms with Crippen LogP contribution in [0.1, 0.15) is 122 Å². The maximum Gasteiger partial charge on any atom is 0.305 e. The van der Waals surface area contributed by atoms with Crippen LogP contribution in [-0.4, -0.2) is 62.0 Å². The van der Waals surface area contributed by atoms with Gasteiger partial charge in [0, 0.05) is 32.0 Å². The Bertz CT molecular complexity index is 564. The van der Waals surface area contributed by atoms with Crippen molar-refractivity contribution < 1.29 is 14.3 Å². The van der Waals surface area contributed by atoms with E-state index in [1.54, 1.807) is 0 Å². The third-order valence-corrected chi connectivity index (χ3v) is 8.72. The van der Waals surface area contributed by atoms with Gasteiger partial charge in [0.2, 0.25) is 5.91 Å². The Morgan fingerprint density at radius 3 is 1.56 bits per heavy atom. The molecular weight excluding hydrogens is 424 g/mol. The van der Waals surface area contributed by atoms with Gasteiger partial charge >= 0.3 is 5.97 Å². The average molecular weight is 479 g/mol. The highest BCUT2D eigenvalue weighted by Crippen LogP contribution is 2.37. The van der Waals surface area contributed by atoms with Gasteiger partial charge in [-0.3, -0.25) is 9.59 Å². The van der Waals surface area contributed by atoms with Crippen molar-refractivity contribution >= 4 is 11.9 Å². The first-order chi connectivity index (χ1) is 16.4. The van der Waals surface area contributed by atoms with Crippen LogP contribution in [0.2, 0.25) is 0 Å². The van der Waals surface area contributed by atoms with Crippen molar-refractivity contribution in [3.05, 3.63) is 0 Å². The van der Waals surface area contributed by atoms with Gasteiger partial charge < -0.3 is 14.5 Å². The summed E-state index contributed by atoms with van der Waals surface area (Å²) < 4.78 is 4.67. The van der Waals surface area contributed by atoms with Gasteiger partial charge in [-0.25, -0.2) is 0 Å². The van der Waals surface area contributed by atoms with E-state index >= 15 is 0 Å². The van der Waals surface area contributed by atoms with Gasteiger partial charge in [0.15, 0.2) is 0 Å². The van der Waals surface area contributed by atoms with E-state index in [1.165, 1.54) is 90.6 Å². The van der Waals surface area contributed by atoms with Gasteiger partial charge in [0.05, 0.1) is 7.11 Å². The molecule has 0 heterocycles. The summed E-state index contributed by atoms with van der Waals surface area (Å²) in [6.07, 6.45) is 22.4. The molecule has 0 bridgehead atoms. The summed E-state index contributed by atoms with van der Waals surface area (Å²) in [6.45, 7) is 0. The van der Waals surface area contributed by atoms with Gasteiger partial charge in [0.1, 0.15) is 0 Å². The second kappa shape index (κ2) is 16.5. The molecule has 198 valence electrons. The summed E-state index contributed by atoms with van der Waals surface area (Å²) in [5, 5.41) is 0. The highest BCUT2D eigenvalue weighted by molar-refractivity contribution is 5.76. The number of unbranched alkanes of at least 4 members (excludes halogenated alkanes) is 7. The zero-order chi connectivity index (χ0) is 24.8. The van der Waals surface area contributed by atoms with E-state index in [-0.39, 0.29) is 5.97 Å². The Kier molecular flexibility index (Phi) is 14.2. The lowest BCUT2D eigenvalue weighted by Crippen LogP contribution is -2.39. The minimum absolute atomic E-state index is 0.0967. The molecule has 0 radical (unpaired) electrons. The first-order valence-electron chi connectivity index (χ1n) is 14.4. The van der Waals surface area contributed by atoms with Crippen molar-refractivity contribution in [1.82, 2.24) is 9.80 Å². The fourth-order valence-electron chi connectivity index (χ4n) is 6.22. The monoisotopic (exact) mass is 478 g/mol. The maximum atomic E-state index is 12.7. The van der Waals surface area contributed by atoms with Crippen LogP contribution in [0.4, 0.5) is 0 Å². The zero-order valence-corrected chi connectivity index (χ0v) is 22.9. The molecule has 0 spiro atoms. The molecule has 2 saturated carbocycles. The number of nitrogens with zero attached hydrogens (tertiary/aromatic N) is 2. The lowest BCUT2D eigenvalue weighted by Gasteiger charge is -2.38. The van der Waals surface area contributed by atoms with Crippen molar-refractivity contribution in [2.45, 2.75) is 134 Å². The summed E-state index contributed by atoms with van der Waals surface area (Å²) >= 11 is 0. The molecule has 0 saturated heterocycles. The van der Waals surface area contributed by atoms with Crippen LogP contribution in [0.15, 0.2) is 0 Å². The van der Waals surface area contributed by atoms with Crippen LogP contribution in [0.3, 0.4) is 0 Å². The van der Waals surface area contributed by atoms with Gasteiger partial charge in [-0.2, -0.15) is 0 Å². The number of hydrogen-bond acceptors (Lipinski definition) is 4. The Morgan fingerprint density at radius 1 is 0.647 bits per heavy atom. The molecule has 2 rings (SSSR count). The predicted molar refractivity (Wildman–Crippen MR) is 141 cm³/mol. The molecule has 1 amide bonds. The Labute approximate surface area is 210 Å². The standard InChI is InChI=1S/C29H54N2O3/c1-30(2)26-19-15-24(16-20-26)23-25-17-21-27(22-18-25)31(3)28(32)13-11-9-7-5-6-8-10-12-14-29(33)34-4/h24-27H,5-23H2,1-4H3. The average Bonchev–Trinajstić information content (AvgIpc) is 2.85. The normalized spacial score (nSPS) is 25.3. The van der Waals surface area contributed by atoms with Crippen molar-refractivity contribution in [2.24, 2.45) is 11.8 Å². The molecule has 2 fully saturated rings. The smallest absolute Gasteiger partial charge is 0.305 e. The third-order valence-electron chi connectivity index (χ3n) is 8.72. The zero-order valence-electron chi connectivity index (χ0n) is 22.9. The number of esters is 1. The van der Waals surface area contributed by atoms with Crippen molar-refractivity contribution in [3.8, 4) is 0 Å². The molecule has 0 aromatic heterocycles. The van der Waals surface area contributed by atoms with Gasteiger partial charge in [-0.1, -0.05) is 38.5 Å². The van der Waals surface area contributed by atoms with Crippen LogP contribution in [0.25, 0.3) is 0 Å². The van der Waals surface area contributed by atoms with E-state index in [0.717, 1.165) is 43.6 Å². The van der Waals surface area contributed by atoms with Crippen molar-refractivity contribution in [3.63, 3.8) is 0 Å². The SMILES string of the molecule is COC(=O)CCCCCCCCCCC(=O)N(C)C1CCC(CC2CCC(N(C)C)CC2)CC1. The van der Waals surface area contributed by atoms with Gasteiger partial charge in [-0.15, -0.1) is 0 Å². The molecule has 0 atom stereocenters. The van der Waals surface area contributed by atoms with E-state index in [0.29, 0.717) is 24.8 Å². The number of amides is 1. The van der Waals surface area contributed by atoms with Crippen molar-refractivity contribution in [1.29, 1.82) is 0 Å². The molecule has 0 aromatic rings. The van der Waals surface area contributed by atoms with Gasteiger partial charge in [-0.05, 0) is 96.6 Å². The third kappa shape index (κ3) is 11.1. The summed E-state index contributed by atoms with van der Waals surface area (Å²) in [6, 6.07) is 1.27. The lowest BCUT2D eigenvalue weighted by molar-refractivity contribution is -0.140. The second-order valence-electron chi connectivity index (χ2n) is 11.5. The molecule has 2 aliphatic rings. The molecule has 0 N–H and O–H groups in total. The lowest BCUT2D eigenvalue weighted by atomic mass is 9.75. The number of carbonyl (C=O) groups is 2. The molecule has 0 aromatic carbocycles. The molecule has 5 heteroatoms. The maximum absolute atomic E-state index is 12.7. The van der Waals surface area contributed by atoms with E-state index < -0.39 is 0 Å². The largest absolute Gasteiger partial charge is 0.469 e. The highest BCUT2D eigenvalue weighted by Gasteiger charge is 2.29. The molecular formula is C29H54N2O3. The molecule has 34 heavy (non-hydrogen) atoms. The summed E-state index contributed by atoms with van der Waals surface area (Å²) in [5.41, 5.74) is 0. The van der Waals surface area contributed by atoms with Crippen LogP contribution >= 0.6 is 0 Å². The van der Waals surface area contributed by atoms with Gasteiger partial charge in [0.25, 0.3) is 0 Å². The summed E-state index contributed by atoms with van der Waals surface area (Å²) in [4.78, 5) is 28.3. The highest BCUT2D eigenvalue weighted by atomic mass is 16.5. The van der Waals surface area contributed by atoms with E-state index in [4.69, 9.17) is 0 Å². The fraction of sp³-hybridized carbons (Fsp3) is 0.931. The van der Waals surface area contributed by atoms with Crippen LogP contribution in [-0.2, 0) is 14.3 Å². The number of rotatable bonds is 15. The quantitative estimate of drug-likeness (QED) is 0.197. The second-order valence-corrected chi connectivity index (χ2v) is 11.5. The Morgan fingerprint density at radius 2 is 1.09 bits per heavy atom. The summed E-state index contributed by atoms with van der Waals surface area (Å²) in [5.74, 6) is 2.09. The number of carbonyl (C=O) groups excluding carboxylic acids is 2. The molecule has 0 unspecified atom stereocenters. The van der Waals surface area contributed by atoms with E-state index in [1.807, 2.05) is 7.05 Å². The van der Waals surface area contributed by atoms with Crippen LogP contribution < -0.4 is 0 Å². The Hall–Kier alpha value is -1.10. The molecule has 0 aliphatic heterocycles. The summed E-state index contributed by atoms with van der Waals surface area (Å²) in [7, 11) is 7.95. The topological polar surface area (TPSA) is 49.9 Å². The molecule has 5 nitrogen and oxygen atoms in total. The first-order valence-corrected chi connectivity index (χ1v) is 14.4. The number of ether oxygens (including phenoxy) is 1. The number of methoxy groups -OCH3 is 1. The van der Waals surface area contributed by atoms with E-state index in [2.05, 4.69) is 28.6 Å². The van der Waals surface area contributed by atoms with Crippen LogP contribution in [0, 0.1) is 11.8 Å².